The van der Waals surface area contributed by atoms with Gasteiger partial charge in [-0.1, -0.05) is 26.8 Å². The quantitative estimate of drug-likeness (QED) is 0.317. The van der Waals surface area contributed by atoms with E-state index in [1.165, 1.54) is 12.1 Å². The van der Waals surface area contributed by atoms with Gasteiger partial charge in [0.1, 0.15) is 17.5 Å². The third-order valence-corrected chi connectivity index (χ3v) is 9.67. The van der Waals surface area contributed by atoms with E-state index in [2.05, 4.69) is 54.8 Å². The first-order chi connectivity index (χ1) is 20.5. The van der Waals surface area contributed by atoms with Crippen molar-refractivity contribution < 1.29 is 18.4 Å². The Labute approximate surface area is 262 Å². The van der Waals surface area contributed by atoms with Gasteiger partial charge in [-0.25, -0.2) is 13.8 Å². The zero-order chi connectivity index (χ0) is 32.4. The van der Waals surface area contributed by atoms with Gasteiger partial charge in [0.25, 0.3) is 0 Å². The van der Waals surface area contributed by atoms with Crippen molar-refractivity contribution in [3.63, 3.8) is 0 Å². The Balaban J connectivity index is 1.48. The van der Waals surface area contributed by atoms with E-state index in [9.17, 15) is 14.0 Å². The number of carbonyl (C=O) groups excluding carboxylic acids is 2. The van der Waals surface area contributed by atoms with Crippen LogP contribution in [0, 0.1) is 41.7 Å². The lowest BCUT2D eigenvalue weighted by Crippen LogP contribution is -2.47. The molecule has 0 spiro atoms. The second-order valence-electron chi connectivity index (χ2n) is 15.4. The van der Waals surface area contributed by atoms with Crippen molar-refractivity contribution in [3.05, 3.63) is 53.1 Å². The molecular formula is C35H53F2N5O2. The molecule has 2 unspecified atom stereocenters. The molecule has 0 radical (unpaired) electrons. The van der Waals surface area contributed by atoms with Gasteiger partial charge >= 0.3 is 0 Å². The summed E-state index contributed by atoms with van der Waals surface area (Å²) in [5.74, 6) is -0.0887. The Bertz CT molecular complexity index is 1290. The van der Waals surface area contributed by atoms with Crippen molar-refractivity contribution in [2.24, 2.45) is 23.2 Å². The summed E-state index contributed by atoms with van der Waals surface area (Å²) in [6.07, 6.45) is 6.80. The minimum atomic E-state index is -0.609. The highest BCUT2D eigenvalue weighted by molar-refractivity contribution is 5.80. The largest absolute Gasteiger partial charge is 0.351 e. The fourth-order valence-electron chi connectivity index (χ4n) is 7.90. The van der Waals surface area contributed by atoms with Crippen LogP contribution in [0.3, 0.4) is 0 Å². The zero-order valence-electron chi connectivity index (χ0n) is 28.0. The van der Waals surface area contributed by atoms with E-state index in [0.717, 1.165) is 43.3 Å². The van der Waals surface area contributed by atoms with Crippen LogP contribution in [-0.2, 0) is 16.1 Å². The fourth-order valence-corrected chi connectivity index (χ4v) is 7.90. The van der Waals surface area contributed by atoms with Gasteiger partial charge in [0.05, 0.1) is 6.54 Å². The van der Waals surface area contributed by atoms with Gasteiger partial charge < -0.3 is 15.2 Å². The Hall–Kier alpha value is -2.81. The third-order valence-electron chi connectivity index (χ3n) is 9.67. The lowest BCUT2D eigenvalue weighted by atomic mass is 9.70. The second kappa shape index (κ2) is 13.7. The summed E-state index contributed by atoms with van der Waals surface area (Å²) in [6, 6.07) is 3.82. The number of amides is 2. The lowest BCUT2D eigenvalue weighted by molar-refractivity contribution is -0.137. The summed E-state index contributed by atoms with van der Waals surface area (Å²) in [6.45, 7) is 16.5. The Morgan fingerprint density at radius 2 is 1.80 bits per heavy atom. The fraction of sp³-hybridized carbons (Fsp3) is 0.686. The molecule has 4 atom stereocenters. The molecule has 0 bridgehead atoms. The van der Waals surface area contributed by atoms with E-state index >= 15 is 4.39 Å². The molecule has 2 N–H and O–H groups in total. The van der Waals surface area contributed by atoms with Gasteiger partial charge in [-0.05, 0) is 101 Å². The summed E-state index contributed by atoms with van der Waals surface area (Å²) >= 11 is 0. The maximum atomic E-state index is 15.1. The molecule has 9 heteroatoms. The topological polar surface area (TPSA) is 81.3 Å². The Morgan fingerprint density at radius 3 is 2.36 bits per heavy atom. The van der Waals surface area contributed by atoms with Gasteiger partial charge in [0.2, 0.25) is 11.8 Å². The first kappa shape index (κ1) is 34.1. The molecule has 1 aromatic heterocycles. The van der Waals surface area contributed by atoms with Gasteiger partial charge in [-0.3, -0.25) is 14.5 Å². The highest BCUT2D eigenvalue weighted by atomic mass is 19.1. The molecule has 244 valence electrons. The number of aromatic nitrogens is 2. The summed E-state index contributed by atoms with van der Waals surface area (Å²) in [5, 5.41) is 3.13. The maximum absolute atomic E-state index is 15.1. The number of hydrogen-bond donors (Lipinski definition) is 2. The van der Waals surface area contributed by atoms with Crippen LogP contribution in [0.5, 0.6) is 0 Å². The van der Waals surface area contributed by atoms with Crippen LogP contribution in [0.2, 0.25) is 0 Å². The molecule has 4 rings (SSSR count). The molecule has 1 saturated heterocycles. The van der Waals surface area contributed by atoms with E-state index in [-0.39, 0.29) is 40.6 Å². The van der Waals surface area contributed by atoms with E-state index in [1.54, 1.807) is 13.1 Å². The molecule has 2 aliphatic rings. The third kappa shape index (κ3) is 8.89. The molecule has 1 aliphatic heterocycles. The average Bonchev–Trinajstić information content (AvgIpc) is 3.52. The molecular weight excluding hydrogens is 560 g/mol. The highest BCUT2D eigenvalue weighted by Gasteiger charge is 2.44. The molecule has 2 aromatic rings. The minimum Gasteiger partial charge on any atom is -0.351 e. The number of aryl methyl sites for hydroxylation is 1. The first-order valence-corrected chi connectivity index (χ1v) is 16.2. The van der Waals surface area contributed by atoms with E-state index < -0.39 is 11.6 Å². The van der Waals surface area contributed by atoms with Crippen LogP contribution in [0.15, 0.2) is 24.4 Å². The molecule has 1 saturated carbocycles. The molecule has 2 amide bonds. The zero-order valence-corrected chi connectivity index (χ0v) is 28.0. The number of rotatable bonds is 10. The summed E-state index contributed by atoms with van der Waals surface area (Å²) < 4.78 is 29.0. The number of nitrogens with one attached hydrogen (secondary N) is 2. The smallest absolute Gasteiger partial charge is 0.226 e. The molecule has 7 nitrogen and oxygen atoms in total. The first-order valence-electron chi connectivity index (χ1n) is 16.2. The van der Waals surface area contributed by atoms with Gasteiger partial charge in [-0.15, -0.1) is 0 Å². The number of halogens is 2. The van der Waals surface area contributed by atoms with Crippen molar-refractivity contribution in [1.82, 2.24) is 25.1 Å². The molecule has 2 heterocycles. The number of hydrogen-bond acceptors (Lipinski definition) is 4. The number of aromatic amines is 1. The van der Waals surface area contributed by atoms with Crippen LogP contribution in [0.4, 0.5) is 8.78 Å². The molecule has 2 fully saturated rings. The monoisotopic (exact) mass is 613 g/mol. The predicted octanol–water partition coefficient (Wildman–Crippen LogP) is 6.59. The SMILES string of the molecule is CC(=O)NC(C)(C)CC(CC(C)(C)C)C1CCN(C(=O)[C@@H]2CC(N(C)Cc3ncc(C)[nH]3)C[C@H]2c2ccc(F)cc2F)CC1. The van der Waals surface area contributed by atoms with Gasteiger partial charge in [-0.2, -0.15) is 0 Å². The van der Waals surface area contributed by atoms with Gasteiger partial charge in [0.15, 0.2) is 0 Å². The summed E-state index contributed by atoms with van der Waals surface area (Å²) in [5.41, 5.74) is 1.26. The Kier molecular flexibility index (Phi) is 10.6. The van der Waals surface area contributed by atoms with Crippen molar-refractivity contribution in [2.75, 3.05) is 20.1 Å². The molecule has 1 aromatic carbocycles. The number of imidazole rings is 1. The van der Waals surface area contributed by atoms with Crippen LogP contribution in [0.1, 0.15) is 103 Å². The number of nitrogens with zero attached hydrogens (tertiary/aromatic N) is 3. The standard InChI is InChI=1S/C35H53F2N5O2/c1-22-20-38-32(39-22)21-41(8)27-16-29(28-10-9-26(36)15-31(28)37)30(17-27)33(44)42-13-11-24(12-14-42)25(18-34(3,4)5)19-35(6,7)40-23(2)43/h9-10,15,20,24-25,27,29-30H,11-14,16-19,21H2,1-8H3,(H,38,39)(H,40,43)/t25?,27?,29-,30+/m0/s1. The highest BCUT2D eigenvalue weighted by Crippen LogP contribution is 2.45. The number of piperidine rings is 1. The van der Waals surface area contributed by atoms with E-state index in [0.29, 0.717) is 49.9 Å². The Morgan fingerprint density at radius 1 is 1.11 bits per heavy atom. The van der Waals surface area contributed by atoms with Crippen LogP contribution in [0.25, 0.3) is 0 Å². The van der Waals surface area contributed by atoms with Gasteiger partial charge in [0, 0.05) is 55.5 Å². The van der Waals surface area contributed by atoms with Crippen molar-refractivity contribution >= 4 is 11.8 Å². The number of likely N-dealkylation sites (tertiary alicyclic amines) is 1. The minimum absolute atomic E-state index is 0.0168. The van der Waals surface area contributed by atoms with E-state index in [4.69, 9.17) is 0 Å². The van der Waals surface area contributed by atoms with Crippen LogP contribution in [-0.4, -0.2) is 63.3 Å². The average molecular weight is 614 g/mol. The second-order valence-corrected chi connectivity index (χ2v) is 15.4. The number of carbonyl (C=O) groups is 2. The van der Waals surface area contributed by atoms with Crippen molar-refractivity contribution in [3.8, 4) is 0 Å². The molecule has 44 heavy (non-hydrogen) atoms. The maximum Gasteiger partial charge on any atom is 0.226 e. The van der Waals surface area contributed by atoms with Crippen LogP contribution >= 0.6 is 0 Å². The normalized spacial score (nSPS) is 22.4. The van der Waals surface area contributed by atoms with Crippen LogP contribution < -0.4 is 5.32 Å². The molecule has 1 aliphatic carbocycles. The summed E-state index contributed by atoms with van der Waals surface area (Å²) in [4.78, 5) is 38.0. The number of H-pyrrole nitrogens is 1. The van der Waals surface area contributed by atoms with Crippen molar-refractivity contribution in [2.45, 2.75) is 111 Å². The lowest BCUT2D eigenvalue weighted by Gasteiger charge is -2.42. The van der Waals surface area contributed by atoms with Crippen molar-refractivity contribution in [1.29, 1.82) is 0 Å². The number of benzene rings is 1. The predicted molar refractivity (Wildman–Crippen MR) is 170 cm³/mol. The van der Waals surface area contributed by atoms with E-state index in [1.807, 2.05) is 18.9 Å². The summed E-state index contributed by atoms with van der Waals surface area (Å²) in [7, 11) is 2.02.